The van der Waals surface area contributed by atoms with Crippen molar-refractivity contribution in [2.24, 2.45) is 0 Å². The second-order valence-electron chi connectivity index (χ2n) is 6.74. The number of ether oxygens (including phenoxy) is 1. The van der Waals surface area contributed by atoms with Crippen LogP contribution in [0.3, 0.4) is 0 Å². The van der Waals surface area contributed by atoms with Crippen molar-refractivity contribution in [1.29, 1.82) is 0 Å². The van der Waals surface area contributed by atoms with Crippen LogP contribution in [0.25, 0.3) is 22.1 Å². The Balaban J connectivity index is 1.76. The highest BCUT2D eigenvalue weighted by atomic mass is 35.5. The van der Waals surface area contributed by atoms with Crippen molar-refractivity contribution in [2.45, 2.75) is 19.6 Å². The summed E-state index contributed by atoms with van der Waals surface area (Å²) in [4.78, 5) is 4.22. The third-order valence-corrected chi connectivity index (χ3v) is 5.54. The molecule has 4 aromatic rings. The molecule has 2 aromatic carbocycles. The highest BCUT2D eigenvalue weighted by Crippen LogP contribution is 2.41. The van der Waals surface area contributed by atoms with E-state index in [4.69, 9.17) is 38.1 Å². The number of aliphatic hydroxyl groups is 1. The number of aromatic nitrogens is 1. The summed E-state index contributed by atoms with van der Waals surface area (Å²) < 4.78 is 25.7. The van der Waals surface area contributed by atoms with Crippen molar-refractivity contribution >= 4 is 40.0 Å². The zero-order valence-corrected chi connectivity index (χ0v) is 17.3. The van der Waals surface area contributed by atoms with Crippen molar-refractivity contribution in [3.05, 3.63) is 75.8 Å². The van der Waals surface area contributed by atoms with Gasteiger partial charge in [-0.2, -0.15) is 0 Å². The van der Waals surface area contributed by atoms with E-state index in [-0.39, 0.29) is 28.2 Å². The minimum absolute atomic E-state index is 0.0361. The Bertz CT molecular complexity index is 1230. The molecule has 0 saturated carbocycles. The van der Waals surface area contributed by atoms with Crippen LogP contribution >= 0.6 is 23.2 Å². The lowest BCUT2D eigenvalue weighted by Gasteiger charge is -2.18. The summed E-state index contributed by atoms with van der Waals surface area (Å²) in [7, 11) is 0. The molecule has 0 aliphatic carbocycles. The number of hydrogen-bond acceptors (Lipinski definition) is 5. The summed E-state index contributed by atoms with van der Waals surface area (Å²) >= 11 is 12.3. The molecule has 0 amide bonds. The van der Waals surface area contributed by atoms with E-state index in [9.17, 15) is 9.50 Å². The van der Waals surface area contributed by atoms with Crippen molar-refractivity contribution < 1.29 is 18.7 Å². The molecule has 0 bridgehead atoms. The third-order valence-electron chi connectivity index (χ3n) is 4.83. The van der Waals surface area contributed by atoms with E-state index in [1.54, 1.807) is 19.4 Å². The van der Waals surface area contributed by atoms with Crippen LogP contribution in [-0.4, -0.2) is 10.1 Å². The van der Waals surface area contributed by atoms with Crippen LogP contribution in [-0.2, 0) is 6.61 Å². The van der Waals surface area contributed by atoms with E-state index < -0.39 is 11.9 Å². The quantitative estimate of drug-likeness (QED) is 0.359. The molecule has 0 radical (unpaired) electrons. The first-order valence-electron chi connectivity index (χ1n) is 9.06. The molecule has 1 atom stereocenters. The van der Waals surface area contributed by atoms with Gasteiger partial charge in [0.2, 0.25) is 5.75 Å². The summed E-state index contributed by atoms with van der Waals surface area (Å²) in [5.74, 6) is -0.258. The minimum Gasteiger partial charge on any atom is -0.478 e. The Morgan fingerprint density at radius 1 is 1.20 bits per heavy atom. The first-order valence-corrected chi connectivity index (χ1v) is 9.82. The fourth-order valence-electron chi connectivity index (χ4n) is 3.26. The maximum atomic E-state index is 13.9. The molecular weight excluding hydrogens is 430 g/mol. The predicted octanol–water partition coefficient (Wildman–Crippen LogP) is 6.16. The molecule has 0 fully saturated rings. The molecular formula is C22H17Cl2FN2O3. The van der Waals surface area contributed by atoms with Crippen molar-refractivity contribution in [3.8, 4) is 16.9 Å². The second kappa shape index (κ2) is 8.14. The van der Waals surface area contributed by atoms with Gasteiger partial charge in [-0.3, -0.25) is 0 Å². The fourth-order valence-corrected chi connectivity index (χ4v) is 3.94. The van der Waals surface area contributed by atoms with Crippen molar-refractivity contribution in [3.63, 3.8) is 0 Å². The van der Waals surface area contributed by atoms with Gasteiger partial charge in [0.15, 0.2) is 11.4 Å². The fraction of sp³-hybridized carbons (Fsp3) is 0.136. The molecule has 154 valence electrons. The lowest BCUT2D eigenvalue weighted by Crippen LogP contribution is -2.08. The van der Waals surface area contributed by atoms with Gasteiger partial charge in [-0.25, -0.2) is 9.37 Å². The lowest BCUT2D eigenvalue weighted by molar-refractivity contribution is 0.227. The zero-order valence-electron chi connectivity index (χ0n) is 15.8. The summed E-state index contributed by atoms with van der Waals surface area (Å²) in [6, 6.07) is 10.0. The number of nitrogens with two attached hydrogens (primary N) is 1. The number of rotatable bonds is 5. The van der Waals surface area contributed by atoms with Gasteiger partial charge in [0, 0.05) is 22.3 Å². The maximum absolute atomic E-state index is 13.9. The van der Waals surface area contributed by atoms with Crippen molar-refractivity contribution in [1.82, 2.24) is 4.98 Å². The minimum atomic E-state index is -0.715. The monoisotopic (exact) mass is 446 g/mol. The molecule has 0 saturated heterocycles. The number of benzene rings is 2. The van der Waals surface area contributed by atoms with Crippen molar-refractivity contribution in [2.75, 3.05) is 5.73 Å². The number of nitrogen functional groups attached to an aromatic ring is 1. The van der Waals surface area contributed by atoms with E-state index in [2.05, 4.69) is 4.98 Å². The average molecular weight is 447 g/mol. The number of aliphatic hydroxyl groups excluding tert-OH is 1. The first-order chi connectivity index (χ1) is 14.4. The SMILES string of the molecule is CC(Oc1c(N)ncc2c(-c3ccc(CO)cc3)coc12)c1c(Cl)ccc(F)c1Cl. The van der Waals surface area contributed by atoms with Gasteiger partial charge in [0.25, 0.3) is 0 Å². The van der Waals surface area contributed by atoms with Gasteiger partial charge >= 0.3 is 0 Å². The highest BCUT2D eigenvalue weighted by Gasteiger charge is 2.23. The molecule has 0 aliphatic rings. The normalized spacial score (nSPS) is 12.3. The van der Waals surface area contributed by atoms with Gasteiger partial charge < -0.3 is 20.0 Å². The molecule has 1 unspecified atom stereocenters. The van der Waals surface area contributed by atoms with Gasteiger partial charge in [-0.15, -0.1) is 0 Å². The molecule has 5 nitrogen and oxygen atoms in total. The molecule has 2 aromatic heterocycles. The standard InChI is InChI=1S/C22H17Cl2FN2O3/c1-11(18-16(23)6-7-17(25)19(18)24)30-21-20-14(8-27-22(21)26)15(10-29-20)13-4-2-12(9-28)3-5-13/h2-8,10-11,28H,9H2,1H3,(H2,26,27). The Hall–Kier alpha value is -2.80. The summed E-state index contributed by atoms with van der Waals surface area (Å²) in [5, 5.41) is 10.1. The Morgan fingerprint density at radius 2 is 1.93 bits per heavy atom. The van der Waals surface area contributed by atoms with E-state index >= 15 is 0 Å². The molecule has 0 aliphatic heterocycles. The van der Waals surface area contributed by atoms with Crippen LogP contribution in [0.2, 0.25) is 10.0 Å². The molecule has 8 heteroatoms. The molecule has 0 spiro atoms. The van der Waals surface area contributed by atoms with Crippen LogP contribution in [0.4, 0.5) is 10.2 Å². The smallest absolute Gasteiger partial charge is 0.205 e. The first kappa shape index (κ1) is 20.5. The Labute approximate surface area is 181 Å². The number of furan rings is 1. The van der Waals surface area contributed by atoms with Crippen LogP contribution in [0.1, 0.15) is 24.2 Å². The van der Waals surface area contributed by atoms with Gasteiger partial charge in [-0.1, -0.05) is 47.5 Å². The highest BCUT2D eigenvalue weighted by molar-refractivity contribution is 6.36. The Kier molecular flexibility index (Phi) is 5.56. The number of anilines is 1. The van der Waals surface area contributed by atoms with Gasteiger partial charge in [0.05, 0.1) is 23.3 Å². The maximum Gasteiger partial charge on any atom is 0.205 e. The van der Waals surface area contributed by atoms with Crippen LogP contribution in [0, 0.1) is 5.82 Å². The van der Waals surface area contributed by atoms with E-state index in [0.29, 0.717) is 16.5 Å². The number of halogens is 3. The molecule has 3 N–H and O–H groups in total. The largest absolute Gasteiger partial charge is 0.478 e. The number of pyridine rings is 1. The number of hydrogen-bond donors (Lipinski definition) is 2. The summed E-state index contributed by atoms with van der Waals surface area (Å²) in [5.41, 5.74) is 9.23. The molecule has 2 heterocycles. The molecule has 30 heavy (non-hydrogen) atoms. The summed E-state index contributed by atoms with van der Waals surface area (Å²) in [6.07, 6.45) is 2.47. The second-order valence-corrected chi connectivity index (χ2v) is 7.52. The predicted molar refractivity (Wildman–Crippen MR) is 115 cm³/mol. The summed E-state index contributed by atoms with van der Waals surface area (Å²) in [6.45, 7) is 1.65. The number of fused-ring (bicyclic) bond motifs is 1. The van der Waals surface area contributed by atoms with E-state index in [0.717, 1.165) is 16.7 Å². The van der Waals surface area contributed by atoms with E-state index in [1.165, 1.54) is 12.1 Å². The molecule has 4 rings (SSSR count). The lowest BCUT2D eigenvalue weighted by atomic mass is 10.0. The van der Waals surface area contributed by atoms with Crippen LogP contribution < -0.4 is 10.5 Å². The van der Waals surface area contributed by atoms with Gasteiger partial charge in [-0.05, 0) is 30.2 Å². The number of nitrogens with zero attached hydrogens (tertiary/aromatic N) is 1. The zero-order chi connectivity index (χ0) is 21.4. The Morgan fingerprint density at radius 3 is 2.63 bits per heavy atom. The topological polar surface area (TPSA) is 81.5 Å². The van der Waals surface area contributed by atoms with Crippen LogP contribution in [0.5, 0.6) is 5.75 Å². The average Bonchev–Trinajstić information content (AvgIpc) is 3.17. The van der Waals surface area contributed by atoms with Gasteiger partial charge in [0.1, 0.15) is 11.9 Å². The van der Waals surface area contributed by atoms with Crippen LogP contribution in [0.15, 0.2) is 53.3 Å². The third kappa shape index (κ3) is 3.58. The van der Waals surface area contributed by atoms with E-state index in [1.807, 2.05) is 24.3 Å².